The van der Waals surface area contributed by atoms with Crippen LogP contribution in [0.25, 0.3) is 0 Å². The molecule has 6 heteroatoms. The summed E-state index contributed by atoms with van der Waals surface area (Å²) < 4.78 is 0. The second kappa shape index (κ2) is 7.31. The van der Waals surface area contributed by atoms with Gasteiger partial charge in [-0.25, -0.2) is 0 Å². The minimum absolute atomic E-state index is 0.0549. The molecule has 0 saturated heterocycles. The van der Waals surface area contributed by atoms with E-state index in [4.69, 9.17) is 11.6 Å². The monoisotopic (exact) mass is 254 g/mol. The highest BCUT2D eigenvalue weighted by Gasteiger charge is 2.18. The normalized spacial score (nSPS) is 10.3. The zero-order valence-electron chi connectivity index (χ0n) is 7.91. The van der Waals surface area contributed by atoms with Crippen molar-refractivity contribution in [3.63, 3.8) is 0 Å². The lowest BCUT2D eigenvalue weighted by Gasteiger charge is -2.08. The van der Waals surface area contributed by atoms with Gasteiger partial charge in [-0.05, 0) is 11.6 Å². The summed E-state index contributed by atoms with van der Waals surface area (Å²) in [5.41, 5.74) is 0. The van der Waals surface area contributed by atoms with Gasteiger partial charge in [-0.1, -0.05) is 23.5 Å². The SMILES string of the molecule is CC(=O)SCC(CSC(C)=O)C(=O)Cl. The first kappa shape index (κ1) is 14.0. The Morgan fingerprint density at radius 2 is 1.43 bits per heavy atom. The summed E-state index contributed by atoms with van der Waals surface area (Å²) in [6, 6.07) is 0. The Morgan fingerprint density at radius 1 is 1.07 bits per heavy atom. The molecule has 3 nitrogen and oxygen atoms in total. The fourth-order valence-electron chi connectivity index (χ4n) is 0.615. The minimum Gasteiger partial charge on any atom is -0.288 e. The third-order valence-electron chi connectivity index (χ3n) is 1.30. The number of carbonyl (C=O) groups is 3. The van der Waals surface area contributed by atoms with Gasteiger partial charge in [0.2, 0.25) is 5.24 Å². The van der Waals surface area contributed by atoms with Crippen molar-refractivity contribution in [1.29, 1.82) is 0 Å². The molecule has 0 saturated carbocycles. The summed E-state index contributed by atoms with van der Waals surface area (Å²) in [5.74, 6) is 0.259. The fraction of sp³-hybridized carbons (Fsp3) is 0.625. The molecule has 0 amide bonds. The molecule has 0 spiro atoms. The molecule has 0 aromatic rings. The Bertz CT molecular complexity index is 225. The topological polar surface area (TPSA) is 51.2 Å². The van der Waals surface area contributed by atoms with Gasteiger partial charge < -0.3 is 0 Å². The summed E-state index contributed by atoms with van der Waals surface area (Å²) in [7, 11) is 0. The van der Waals surface area contributed by atoms with Gasteiger partial charge in [-0.2, -0.15) is 0 Å². The summed E-state index contributed by atoms with van der Waals surface area (Å²) in [6.45, 7) is 2.86. The van der Waals surface area contributed by atoms with Crippen LogP contribution in [0.2, 0.25) is 0 Å². The van der Waals surface area contributed by atoms with E-state index in [1.165, 1.54) is 13.8 Å². The van der Waals surface area contributed by atoms with Crippen molar-refractivity contribution in [2.75, 3.05) is 11.5 Å². The molecule has 0 fully saturated rings. The van der Waals surface area contributed by atoms with Crippen LogP contribution in [0.15, 0.2) is 0 Å². The molecule has 0 radical (unpaired) electrons. The Kier molecular flexibility index (Phi) is 7.31. The second-order valence-corrected chi connectivity index (χ2v) is 5.37. The van der Waals surface area contributed by atoms with Crippen molar-refractivity contribution in [3.8, 4) is 0 Å². The quantitative estimate of drug-likeness (QED) is 0.702. The number of thioether (sulfide) groups is 2. The fourth-order valence-corrected chi connectivity index (χ4v) is 2.51. The average Bonchev–Trinajstić information content (AvgIpc) is 2.02. The number of rotatable bonds is 5. The van der Waals surface area contributed by atoms with E-state index in [2.05, 4.69) is 0 Å². The lowest BCUT2D eigenvalue weighted by atomic mass is 10.2. The van der Waals surface area contributed by atoms with Gasteiger partial charge in [0.25, 0.3) is 0 Å². The molecule has 0 N–H and O–H groups in total. The molecule has 0 rings (SSSR count). The van der Waals surface area contributed by atoms with Crippen LogP contribution in [-0.4, -0.2) is 27.0 Å². The summed E-state index contributed by atoms with van der Waals surface area (Å²) in [4.78, 5) is 32.2. The summed E-state index contributed by atoms with van der Waals surface area (Å²) in [5, 5.41) is -0.603. The van der Waals surface area contributed by atoms with E-state index in [0.29, 0.717) is 11.5 Å². The smallest absolute Gasteiger partial charge is 0.226 e. The largest absolute Gasteiger partial charge is 0.288 e. The van der Waals surface area contributed by atoms with Crippen LogP contribution >= 0.6 is 35.1 Å². The van der Waals surface area contributed by atoms with Crippen molar-refractivity contribution in [1.82, 2.24) is 0 Å². The van der Waals surface area contributed by atoms with Crippen LogP contribution in [0.5, 0.6) is 0 Å². The van der Waals surface area contributed by atoms with Gasteiger partial charge in [0.15, 0.2) is 10.2 Å². The van der Waals surface area contributed by atoms with Gasteiger partial charge in [0.05, 0.1) is 5.92 Å². The van der Waals surface area contributed by atoms with E-state index in [1.807, 2.05) is 0 Å². The van der Waals surface area contributed by atoms with Crippen LogP contribution in [0, 0.1) is 5.92 Å². The molecule has 0 bridgehead atoms. The Labute approximate surface area is 96.3 Å². The van der Waals surface area contributed by atoms with E-state index in [0.717, 1.165) is 23.5 Å². The van der Waals surface area contributed by atoms with Crippen LogP contribution in [-0.2, 0) is 14.4 Å². The van der Waals surface area contributed by atoms with Crippen LogP contribution < -0.4 is 0 Å². The Morgan fingerprint density at radius 3 is 1.64 bits per heavy atom. The average molecular weight is 255 g/mol. The molecule has 0 heterocycles. The Balaban J connectivity index is 3.96. The lowest BCUT2D eigenvalue weighted by Crippen LogP contribution is -2.16. The predicted molar refractivity (Wildman–Crippen MR) is 60.6 cm³/mol. The first-order chi connectivity index (χ1) is 6.43. The van der Waals surface area contributed by atoms with Gasteiger partial charge in [0.1, 0.15) is 0 Å². The van der Waals surface area contributed by atoms with Crippen molar-refractivity contribution in [2.45, 2.75) is 13.8 Å². The molecule has 0 aliphatic rings. The second-order valence-electron chi connectivity index (χ2n) is 2.61. The number of hydrogen-bond donors (Lipinski definition) is 0. The molecule has 0 aromatic heterocycles. The molecule has 0 aliphatic carbocycles. The maximum Gasteiger partial charge on any atom is 0.226 e. The first-order valence-corrected chi connectivity index (χ1v) is 6.24. The number of hydrogen-bond acceptors (Lipinski definition) is 5. The number of halogens is 1. The molecule has 0 aliphatic heterocycles. The third-order valence-corrected chi connectivity index (χ3v) is 3.56. The van der Waals surface area contributed by atoms with Gasteiger partial charge in [-0.15, -0.1) is 0 Å². The maximum atomic E-state index is 10.9. The van der Waals surface area contributed by atoms with Crippen molar-refractivity contribution < 1.29 is 14.4 Å². The van der Waals surface area contributed by atoms with E-state index in [9.17, 15) is 14.4 Å². The van der Waals surface area contributed by atoms with E-state index in [-0.39, 0.29) is 10.2 Å². The predicted octanol–water partition coefficient (Wildman–Crippen LogP) is 1.93. The molecule has 0 unspecified atom stereocenters. The van der Waals surface area contributed by atoms with E-state index >= 15 is 0 Å². The van der Waals surface area contributed by atoms with Crippen LogP contribution in [0.1, 0.15) is 13.8 Å². The maximum absolute atomic E-state index is 10.9. The first-order valence-electron chi connectivity index (χ1n) is 3.89. The van der Waals surface area contributed by atoms with Crippen molar-refractivity contribution in [3.05, 3.63) is 0 Å². The van der Waals surface area contributed by atoms with E-state index < -0.39 is 11.2 Å². The van der Waals surface area contributed by atoms with Gasteiger partial charge >= 0.3 is 0 Å². The zero-order valence-corrected chi connectivity index (χ0v) is 10.3. The standard InChI is InChI=1S/C8H11ClO3S2/c1-5(10)13-3-7(8(9)12)4-14-6(2)11/h7H,3-4H2,1-2H3. The Hall–Kier alpha value is -0.000000000000000111. The van der Waals surface area contributed by atoms with Crippen molar-refractivity contribution >= 4 is 50.6 Å². The molecular weight excluding hydrogens is 244 g/mol. The highest BCUT2D eigenvalue weighted by atomic mass is 35.5. The van der Waals surface area contributed by atoms with E-state index in [1.54, 1.807) is 0 Å². The highest BCUT2D eigenvalue weighted by molar-refractivity contribution is 8.14. The molecule has 80 valence electrons. The number of carbonyl (C=O) groups excluding carboxylic acids is 3. The summed E-state index contributed by atoms with van der Waals surface area (Å²) in [6.07, 6.45) is 0. The van der Waals surface area contributed by atoms with Crippen LogP contribution in [0.4, 0.5) is 0 Å². The minimum atomic E-state index is -0.493. The van der Waals surface area contributed by atoms with Crippen LogP contribution in [0.3, 0.4) is 0 Å². The molecule has 14 heavy (non-hydrogen) atoms. The lowest BCUT2D eigenvalue weighted by molar-refractivity contribution is -0.113. The molecule has 0 atom stereocenters. The van der Waals surface area contributed by atoms with Gasteiger partial charge in [-0.3, -0.25) is 14.4 Å². The van der Waals surface area contributed by atoms with Gasteiger partial charge in [0, 0.05) is 25.4 Å². The summed E-state index contributed by atoms with van der Waals surface area (Å²) >= 11 is 7.42. The molecule has 0 aromatic carbocycles. The molecular formula is C8H11ClO3S2. The zero-order chi connectivity index (χ0) is 11.1. The third kappa shape index (κ3) is 7.41. The van der Waals surface area contributed by atoms with Crippen molar-refractivity contribution in [2.24, 2.45) is 5.92 Å². The highest BCUT2D eigenvalue weighted by Crippen LogP contribution is 2.18.